The minimum Gasteiger partial charge on any atom is -0.236 e. The van der Waals surface area contributed by atoms with Crippen molar-refractivity contribution in [1.29, 1.82) is 0 Å². The van der Waals surface area contributed by atoms with Crippen molar-refractivity contribution in [1.82, 2.24) is 0 Å². The van der Waals surface area contributed by atoms with Crippen LogP contribution in [0.1, 0.15) is 0 Å². The van der Waals surface area contributed by atoms with Gasteiger partial charge in [0.2, 0.25) is 0 Å². The van der Waals surface area contributed by atoms with E-state index in [1.807, 2.05) is 0 Å². The molecule has 0 aliphatic carbocycles. The molecule has 0 N–H and O–H groups in total. The first kappa shape index (κ1) is 7.79. The van der Waals surface area contributed by atoms with E-state index in [9.17, 15) is 0 Å². The van der Waals surface area contributed by atoms with Gasteiger partial charge in [0.05, 0.1) is 7.11 Å². The predicted octanol–water partition coefficient (Wildman–Crippen LogP) is 1.89. The average molecular weight is 165 g/mol. The summed E-state index contributed by atoms with van der Waals surface area (Å²) in [5.41, 5.74) is 0. The molecule has 0 heterocycles. The van der Waals surface area contributed by atoms with Gasteiger partial charge in [0, 0.05) is 0 Å². The van der Waals surface area contributed by atoms with Crippen molar-refractivity contribution in [2.75, 3.05) is 7.11 Å². The van der Waals surface area contributed by atoms with Crippen molar-refractivity contribution in [2.24, 2.45) is 0 Å². The Balaban J connectivity index is 3.15. The summed E-state index contributed by atoms with van der Waals surface area (Å²) in [5, 5.41) is 0. The maximum atomic E-state index is 5.02. The van der Waals surface area contributed by atoms with Gasteiger partial charge in [-0.3, -0.25) is 0 Å². The summed E-state index contributed by atoms with van der Waals surface area (Å²) < 4.78 is -1.76. The topological polar surface area (TPSA) is 18.5 Å². The first-order valence-electron chi connectivity index (χ1n) is 1.35. The summed E-state index contributed by atoms with van der Waals surface area (Å²) in [5.74, 6) is 0. The Hall–Kier alpha value is 0.790. The Labute approximate surface area is 56.2 Å². The van der Waals surface area contributed by atoms with E-state index in [2.05, 4.69) is 9.78 Å². The molecule has 0 radical (unpaired) electrons. The Morgan fingerprint density at radius 3 is 1.71 bits per heavy atom. The maximum Gasteiger partial charge on any atom is 0.326 e. The van der Waals surface area contributed by atoms with Crippen LogP contribution < -0.4 is 0 Å². The molecular formula is C2H3Cl3O2. The van der Waals surface area contributed by atoms with Gasteiger partial charge in [-0.25, -0.2) is 4.89 Å². The fourth-order valence-corrected chi connectivity index (χ4v) is 0.283. The van der Waals surface area contributed by atoms with Crippen LogP contribution in [0.5, 0.6) is 0 Å². The normalized spacial score (nSPS) is 12.0. The van der Waals surface area contributed by atoms with Gasteiger partial charge in [0.25, 0.3) is 0 Å². The Morgan fingerprint density at radius 2 is 1.71 bits per heavy atom. The molecule has 0 bridgehead atoms. The molecule has 0 atom stereocenters. The molecule has 0 saturated carbocycles. The molecule has 0 aromatic carbocycles. The molecule has 5 heteroatoms. The summed E-state index contributed by atoms with van der Waals surface area (Å²) in [6, 6.07) is 0. The number of alkyl halides is 3. The van der Waals surface area contributed by atoms with Gasteiger partial charge < -0.3 is 0 Å². The third-order valence-electron chi connectivity index (χ3n) is 0.178. The lowest BCUT2D eigenvalue weighted by Crippen LogP contribution is -2.06. The van der Waals surface area contributed by atoms with Crippen molar-refractivity contribution < 1.29 is 9.78 Å². The van der Waals surface area contributed by atoms with Crippen LogP contribution in [0.2, 0.25) is 0 Å². The van der Waals surface area contributed by atoms with Crippen LogP contribution in [-0.2, 0) is 9.78 Å². The highest BCUT2D eigenvalue weighted by Gasteiger charge is 2.20. The monoisotopic (exact) mass is 164 g/mol. The SMILES string of the molecule is COOC(Cl)(Cl)Cl. The predicted molar refractivity (Wildman–Crippen MR) is 28.4 cm³/mol. The summed E-state index contributed by atoms with van der Waals surface area (Å²) >= 11 is 15.1. The second-order valence-electron chi connectivity index (χ2n) is 0.696. The molecule has 0 rings (SSSR count). The first-order valence-corrected chi connectivity index (χ1v) is 2.48. The van der Waals surface area contributed by atoms with Gasteiger partial charge in [0.15, 0.2) is 0 Å². The summed E-state index contributed by atoms with van der Waals surface area (Å²) in [4.78, 5) is 8.04. The molecule has 0 amide bonds. The Kier molecular flexibility index (Phi) is 3.28. The highest BCUT2D eigenvalue weighted by Crippen LogP contribution is 2.26. The standard InChI is InChI=1S/C2H3Cl3O2/c1-6-7-2(3,4)5/h1H3. The molecule has 0 fully saturated rings. The molecular weight excluding hydrogens is 162 g/mol. The van der Waals surface area contributed by atoms with Gasteiger partial charge in [-0.2, -0.15) is 4.89 Å². The molecule has 0 aliphatic rings. The zero-order valence-electron chi connectivity index (χ0n) is 3.45. The zero-order chi connectivity index (χ0) is 5.91. The van der Waals surface area contributed by atoms with E-state index in [1.54, 1.807) is 0 Å². The van der Waals surface area contributed by atoms with Gasteiger partial charge in [-0.1, -0.05) is 34.8 Å². The average Bonchev–Trinajstić information content (AvgIpc) is 1.30. The minimum absolute atomic E-state index is 1.25. The fraction of sp³-hybridized carbons (Fsp3) is 1.00. The van der Waals surface area contributed by atoms with Crippen molar-refractivity contribution in [3.05, 3.63) is 0 Å². The van der Waals surface area contributed by atoms with E-state index in [1.165, 1.54) is 7.11 Å². The van der Waals surface area contributed by atoms with Crippen LogP contribution >= 0.6 is 34.8 Å². The zero-order valence-corrected chi connectivity index (χ0v) is 5.72. The second kappa shape index (κ2) is 2.95. The lowest BCUT2D eigenvalue weighted by atomic mass is 11.6. The Bertz CT molecular complexity index is 49.4. The number of rotatable bonds is 1. The van der Waals surface area contributed by atoms with Crippen LogP contribution in [0.4, 0.5) is 0 Å². The maximum absolute atomic E-state index is 5.02. The van der Waals surface area contributed by atoms with Gasteiger partial charge in [0.1, 0.15) is 0 Å². The molecule has 2 nitrogen and oxygen atoms in total. The first-order chi connectivity index (χ1) is 3.06. The minimum atomic E-state index is -1.76. The van der Waals surface area contributed by atoms with Gasteiger partial charge in [-0.05, 0) is 0 Å². The molecule has 7 heavy (non-hydrogen) atoms. The van der Waals surface area contributed by atoms with E-state index in [4.69, 9.17) is 34.8 Å². The fourth-order valence-electron chi connectivity index (χ4n) is 0.0945. The molecule has 0 aromatic rings. The van der Waals surface area contributed by atoms with Gasteiger partial charge in [-0.15, -0.1) is 0 Å². The van der Waals surface area contributed by atoms with Gasteiger partial charge >= 0.3 is 3.98 Å². The van der Waals surface area contributed by atoms with E-state index >= 15 is 0 Å². The largest absolute Gasteiger partial charge is 0.326 e. The van der Waals surface area contributed by atoms with Crippen molar-refractivity contribution in [3.63, 3.8) is 0 Å². The van der Waals surface area contributed by atoms with Crippen molar-refractivity contribution in [2.45, 2.75) is 3.98 Å². The lowest BCUT2D eigenvalue weighted by Gasteiger charge is -2.05. The van der Waals surface area contributed by atoms with Crippen LogP contribution in [-0.4, -0.2) is 11.1 Å². The number of halogens is 3. The van der Waals surface area contributed by atoms with E-state index < -0.39 is 3.98 Å². The third-order valence-corrected chi connectivity index (χ3v) is 0.367. The van der Waals surface area contributed by atoms with E-state index in [0.29, 0.717) is 0 Å². The van der Waals surface area contributed by atoms with E-state index in [-0.39, 0.29) is 0 Å². The summed E-state index contributed by atoms with van der Waals surface area (Å²) in [6.45, 7) is 0. The highest BCUT2D eigenvalue weighted by atomic mass is 35.6. The quantitative estimate of drug-likeness (QED) is 0.336. The molecule has 0 aromatic heterocycles. The third kappa shape index (κ3) is 6.79. The summed E-state index contributed by atoms with van der Waals surface area (Å²) in [6.07, 6.45) is 0. The van der Waals surface area contributed by atoms with Crippen LogP contribution in [0.3, 0.4) is 0 Å². The molecule has 0 aliphatic heterocycles. The van der Waals surface area contributed by atoms with Crippen LogP contribution in [0, 0.1) is 0 Å². The smallest absolute Gasteiger partial charge is 0.236 e. The Morgan fingerprint density at radius 1 is 1.29 bits per heavy atom. The van der Waals surface area contributed by atoms with Crippen LogP contribution in [0.25, 0.3) is 0 Å². The van der Waals surface area contributed by atoms with Crippen LogP contribution in [0.15, 0.2) is 0 Å². The number of hydrogen-bond acceptors (Lipinski definition) is 2. The molecule has 0 saturated heterocycles. The number of hydrogen-bond donors (Lipinski definition) is 0. The van der Waals surface area contributed by atoms with Crippen molar-refractivity contribution >= 4 is 34.8 Å². The second-order valence-corrected chi connectivity index (χ2v) is 2.87. The molecule has 44 valence electrons. The van der Waals surface area contributed by atoms with E-state index in [0.717, 1.165) is 0 Å². The molecule has 0 unspecified atom stereocenters. The highest BCUT2D eigenvalue weighted by molar-refractivity contribution is 6.66. The van der Waals surface area contributed by atoms with Crippen molar-refractivity contribution in [3.8, 4) is 0 Å². The summed E-state index contributed by atoms with van der Waals surface area (Å²) in [7, 11) is 1.25. The lowest BCUT2D eigenvalue weighted by molar-refractivity contribution is -0.278. The molecule has 0 spiro atoms.